The fourth-order valence-corrected chi connectivity index (χ4v) is 3.93. The summed E-state index contributed by atoms with van der Waals surface area (Å²) >= 11 is 7.24. The zero-order valence-corrected chi connectivity index (χ0v) is 16.2. The number of thiophene rings is 1. The van der Waals surface area contributed by atoms with Crippen LogP contribution in [0.4, 0.5) is 5.69 Å². The fraction of sp³-hybridized carbons (Fsp3) is 0.111. The molecule has 0 aliphatic carbocycles. The number of hydrogen-bond acceptors (Lipinski definition) is 7. The molecule has 0 spiro atoms. The van der Waals surface area contributed by atoms with Crippen LogP contribution in [0.25, 0.3) is 21.5 Å². The number of carbonyl (C=O) groups is 1. The number of amides is 1. The van der Waals surface area contributed by atoms with Crippen molar-refractivity contribution >= 4 is 44.7 Å². The number of nitrogens with one attached hydrogen (secondary N) is 1. The molecule has 4 rings (SSSR count). The van der Waals surface area contributed by atoms with Gasteiger partial charge < -0.3 is 16.2 Å². The molecular weight excluding hydrogens is 400 g/mol. The number of anilines is 1. The van der Waals surface area contributed by atoms with Crippen LogP contribution < -0.4 is 16.2 Å². The lowest BCUT2D eigenvalue weighted by Crippen LogP contribution is -2.10. The lowest BCUT2D eigenvalue weighted by molar-refractivity contribution is 0.100. The van der Waals surface area contributed by atoms with Gasteiger partial charge >= 0.3 is 6.01 Å². The van der Waals surface area contributed by atoms with Crippen LogP contribution >= 0.6 is 22.9 Å². The molecule has 3 heterocycles. The zero-order valence-electron chi connectivity index (χ0n) is 14.6. The maximum atomic E-state index is 11.8. The lowest BCUT2D eigenvalue weighted by atomic mass is 10.1. The Balaban J connectivity index is 1.89. The van der Waals surface area contributed by atoms with Crippen LogP contribution in [0, 0.1) is 0 Å². The normalized spacial score (nSPS) is 12.2. The summed E-state index contributed by atoms with van der Waals surface area (Å²) in [5.41, 5.74) is 13.9. The molecule has 0 aliphatic rings. The third kappa shape index (κ3) is 3.25. The van der Waals surface area contributed by atoms with Crippen molar-refractivity contribution in [2.75, 3.05) is 5.73 Å². The van der Waals surface area contributed by atoms with Crippen LogP contribution in [0.3, 0.4) is 0 Å². The van der Waals surface area contributed by atoms with E-state index in [2.05, 4.69) is 20.2 Å². The van der Waals surface area contributed by atoms with Gasteiger partial charge in [0.25, 0.3) is 5.91 Å². The van der Waals surface area contributed by atoms with Crippen LogP contribution in [0.5, 0.6) is 6.01 Å². The summed E-state index contributed by atoms with van der Waals surface area (Å²) in [6.45, 7) is 1.84. The van der Waals surface area contributed by atoms with E-state index in [9.17, 15) is 4.79 Å². The van der Waals surface area contributed by atoms with Gasteiger partial charge in [-0.25, -0.2) is 0 Å². The minimum Gasteiger partial charge on any atom is -0.454 e. The summed E-state index contributed by atoms with van der Waals surface area (Å²) in [5.74, 6) is -0.620. The number of ether oxygens (including phenoxy) is 1. The molecule has 8 nitrogen and oxygen atoms in total. The topological polar surface area (TPSA) is 133 Å². The average Bonchev–Trinajstić information content (AvgIpc) is 3.30. The molecule has 0 saturated carbocycles. The highest BCUT2D eigenvalue weighted by Crippen LogP contribution is 2.40. The third-order valence-corrected chi connectivity index (χ3v) is 5.48. The number of hydrogen-bond donors (Lipinski definition) is 3. The zero-order chi connectivity index (χ0) is 19.8. The number of carbonyl (C=O) groups excluding carboxylic acids is 1. The van der Waals surface area contributed by atoms with Gasteiger partial charge in [-0.05, 0) is 25.1 Å². The second-order valence-electron chi connectivity index (χ2n) is 6.03. The number of aromatic amines is 1. The number of nitrogens with zero attached hydrogens (tertiary/aromatic N) is 3. The molecule has 142 valence electrons. The van der Waals surface area contributed by atoms with E-state index in [0.29, 0.717) is 20.9 Å². The van der Waals surface area contributed by atoms with Gasteiger partial charge in [0, 0.05) is 16.8 Å². The molecule has 4 aromatic rings. The van der Waals surface area contributed by atoms with Crippen LogP contribution in [0.15, 0.2) is 36.5 Å². The Labute approximate surface area is 168 Å². The monoisotopic (exact) mass is 414 g/mol. The number of rotatable bonds is 5. The van der Waals surface area contributed by atoms with Gasteiger partial charge in [-0.15, -0.1) is 11.3 Å². The Morgan fingerprint density at radius 3 is 2.82 bits per heavy atom. The molecule has 3 aromatic heterocycles. The van der Waals surface area contributed by atoms with Crippen molar-refractivity contribution in [3.8, 4) is 17.3 Å². The molecule has 10 heteroatoms. The summed E-state index contributed by atoms with van der Waals surface area (Å²) in [6.07, 6.45) is 1.27. The first kappa shape index (κ1) is 18.2. The molecule has 0 saturated heterocycles. The molecule has 1 aromatic carbocycles. The van der Waals surface area contributed by atoms with Gasteiger partial charge in [-0.1, -0.05) is 23.7 Å². The Morgan fingerprint density at radius 2 is 2.14 bits per heavy atom. The van der Waals surface area contributed by atoms with Crippen molar-refractivity contribution in [1.82, 2.24) is 20.2 Å². The molecule has 0 bridgehead atoms. The van der Waals surface area contributed by atoms with Gasteiger partial charge in [0.05, 0.1) is 22.5 Å². The van der Waals surface area contributed by atoms with E-state index in [1.54, 1.807) is 30.5 Å². The molecule has 0 radical (unpaired) electrons. The Bertz CT molecular complexity index is 1170. The quantitative estimate of drug-likeness (QED) is 0.457. The van der Waals surface area contributed by atoms with Crippen molar-refractivity contribution in [2.24, 2.45) is 5.73 Å². The van der Waals surface area contributed by atoms with E-state index in [1.165, 1.54) is 0 Å². The second kappa shape index (κ2) is 7.10. The number of nitrogens with two attached hydrogens (primary N) is 2. The van der Waals surface area contributed by atoms with Crippen molar-refractivity contribution < 1.29 is 9.53 Å². The molecular formula is C18H15ClN6O2S. The molecule has 1 unspecified atom stereocenters. The largest absolute Gasteiger partial charge is 0.454 e. The summed E-state index contributed by atoms with van der Waals surface area (Å²) in [5, 5.41) is 7.85. The van der Waals surface area contributed by atoms with E-state index in [-0.39, 0.29) is 22.7 Å². The standard InChI is InChI=1S/C18H15ClN6O2S/c1-8(11-5-6-22-25-11)27-18-23-14(9-3-2-4-10(19)7-9)12-13(20)15(16(21)26)28-17(12)24-18/h2-8H,20H2,1H3,(H2,21,26)(H,22,25). The predicted molar refractivity (Wildman–Crippen MR) is 108 cm³/mol. The lowest BCUT2D eigenvalue weighted by Gasteiger charge is -2.13. The van der Waals surface area contributed by atoms with E-state index < -0.39 is 5.91 Å². The van der Waals surface area contributed by atoms with Crippen molar-refractivity contribution in [3.05, 3.63) is 52.1 Å². The summed E-state index contributed by atoms with van der Waals surface area (Å²) in [6, 6.07) is 9.10. The first-order valence-corrected chi connectivity index (χ1v) is 9.45. The molecule has 28 heavy (non-hydrogen) atoms. The van der Waals surface area contributed by atoms with Gasteiger partial charge in [0.1, 0.15) is 15.8 Å². The third-order valence-electron chi connectivity index (χ3n) is 4.13. The number of halogens is 1. The SMILES string of the molecule is CC(Oc1nc(-c2cccc(Cl)c2)c2c(N)c(C(N)=O)sc2n1)c1ccn[nH]1. The van der Waals surface area contributed by atoms with E-state index in [0.717, 1.165) is 22.6 Å². The summed E-state index contributed by atoms with van der Waals surface area (Å²) in [4.78, 5) is 21.5. The number of H-pyrrole nitrogens is 1. The van der Waals surface area contributed by atoms with E-state index >= 15 is 0 Å². The predicted octanol–water partition coefficient (Wildman–Crippen LogP) is 3.56. The smallest absolute Gasteiger partial charge is 0.319 e. The van der Waals surface area contributed by atoms with Crippen molar-refractivity contribution in [2.45, 2.75) is 13.0 Å². The summed E-state index contributed by atoms with van der Waals surface area (Å²) < 4.78 is 5.89. The molecule has 1 atom stereocenters. The van der Waals surface area contributed by atoms with Gasteiger partial charge in [0.2, 0.25) is 0 Å². The maximum absolute atomic E-state index is 11.8. The van der Waals surface area contributed by atoms with E-state index in [1.807, 2.05) is 13.0 Å². The highest BCUT2D eigenvalue weighted by Gasteiger charge is 2.22. The second-order valence-corrected chi connectivity index (χ2v) is 7.46. The Kier molecular flexibility index (Phi) is 4.62. The molecule has 1 amide bonds. The van der Waals surface area contributed by atoms with Gasteiger partial charge in [0.15, 0.2) is 0 Å². The fourth-order valence-electron chi connectivity index (χ4n) is 2.80. The Hall–Kier alpha value is -3.17. The number of aromatic nitrogens is 4. The highest BCUT2D eigenvalue weighted by atomic mass is 35.5. The number of primary amides is 1. The summed E-state index contributed by atoms with van der Waals surface area (Å²) in [7, 11) is 0. The first-order valence-electron chi connectivity index (χ1n) is 8.25. The first-order chi connectivity index (χ1) is 13.4. The average molecular weight is 415 g/mol. The minimum atomic E-state index is -0.620. The van der Waals surface area contributed by atoms with Crippen LogP contribution in [-0.4, -0.2) is 26.1 Å². The van der Waals surface area contributed by atoms with Gasteiger partial charge in [-0.3, -0.25) is 9.89 Å². The Morgan fingerprint density at radius 1 is 1.32 bits per heavy atom. The molecule has 0 aliphatic heterocycles. The van der Waals surface area contributed by atoms with Crippen LogP contribution in [0.2, 0.25) is 5.02 Å². The minimum absolute atomic E-state index is 0.141. The number of benzene rings is 1. The van der Waals surface area contributed by atoms with E-state index in [4.69, 9.17) is 27.8 Å². The van der Waals surface area contributed by atoms with Crippen LogP contribution in [0.1, 0.15) is 28.4 Å². The van der Waals surface area contributed by atoms with Crippen molar-refractivity contribution in [3.63, 3.8) is 0 Å². The maximum Gasteiger partial charge on any atom is 0.319 e. The number of nitrogen functional groups attached to an aromatic ring is 1. The van der Waals surface area contributed by atoms with Crippen molar-refractivity contribution in [1.29, 1.82) is 0 Å². The molecule has 5 N–H and O–H groups in total. The molecule has 0 fully saturated rings. The highest BCUT2D eigenvalue weighted by molar-refractivity contribution is 7.21. The number of fused-ring (bicyclic) bond motifs is 1. The van der Waals surface area contributed by atoms with Gasteiger partial charge in [-0.2, -0.15) is 15.1 Å². The van der Waals surface area contributed by atoms with Crippen LogP contribution in [-0.2, 0) is 0 Å².